The van der Waals surface area contributed by atoms with Gasteiger partial charge in [0.05, 0.1) is 4.92 Å². The molecule has 1 fully saturated rings. The third-order valence-corrected chi connectivity index (χ3v) is 5.13. The van der Waals surface area contributed by atoms with Gasteiger partial charge in [-0.15, -0.1) is 0 Å². The molecule has 6 heteroatoms. The molecular weight excluding hydrogens is 328 g/mol. The zero-order valence-electron chi connectivity index (χ0n) is 10.8. The molecule has 0 spiro atoms. The van der Waals surface area contributed by atoms with Gasteiger partial charge in [-0.2, -0.15) is 11.8 Å². The average molecular weight is 345 g/mol. The van der Waals surface area contributed by atoms with Crippen LogP contribution in [0.5, 0.6) is 0 Å². The third kappa shape index (κ3) is 3.94. The van der Waals surface area contributed by atoms with Gasteiger partial charge in [-0.25, -0.2) is 0 Å². The Morgan fingerprint density at radius 3 is 2.95 bits per heavy atom. The van der Waals surface area contributed by atoms with E-state index in [0.29, 0.717) is 12.6 Å². The highest BCUT2D eigenvalue weighted by molar-refractivity contribution is 9.10. The van der Waals surface area contributed by atoms with E-state index in [-0.39, 0.29) is 10.6 Å². The molecule has 0 saturated heterocycles. The normalized spacial score (nSPS) is 22.6. The van der Waals surface area contributed by atoms with Crippen LogP contribution in [0.1, 0.15) is 24.8 Å². The van der Waals surface area contributed by atoms with Gasteiger partial charge in [-0.3, -0.25) is 10.1 Å². The van der Waals surface area contributed by atoms with Gasteiger partial charge in [-0.1, -0.05) is 15.9 Å². The van der Waals surface area contributed by atoms with E-state index < -0.39 is 0 Å². The molecule has 0 aliphatic heterocycles. The Morgan fingerprint density at radius 1 is 1.53 bits per heavy atom. The van der Waals surface area contributed by atoms with E-state index in [4.69, 9.17) is 0 Å². The van der Waals surface area contributed by atoms with Gasteiger partial charge in [-0.05, 0) is 37.7 Å². The Balaban J connectivity index is 1.99. The van der Waals surface area contributed by atoms with E-state index in [2.05, 4.69) is 27.5 Å². The number of nitro groups is 1. The van der Waals surface area contributed by atoms with E-state index in [1.165, 1.54) is 6.42 Å². The summed E-state index contributed by atoms with van der Waals surface area (Å²) in [6, 6.07) is 5.57. The van der Waals surface area contributed by atoms with Crippen molar-refractivity contribution < 1.29 is 4.92 Å². The molecule has 1 aliphatic carbocycles. The van der Waals surface area contributed by atoms with Crippen molar-refractivity contribution in [2.75, 3.05) is 6.26 Å². The van der Waals surface area contributed by atoms with Crippen LogP contribution in [-0.4, -0.2) is 22.5 Å². The molecule has 1 N–H and O–H groups in total. The highest BCUT2D eigenvalue weighted by Gasteiger charge is 2.24. The van der Waals surface area contributed by atoms with Crippen LogP contribution in [0.25, 0.3) is 0 Å². The maximum atomic E-state index is 11.0. The highest BCUT2D eigenvalue weighted by Crippen LogP contribution is 2.29. The van der Waals surface area contributed by atoms with Crippen molar-refractivity contribution >= 4 is 33.4 Å². The summed E-state index contributed by atoms with van der Waals surface area (Å²) in [6.07, 6.45) is 5.70. The predicted octanol–water partition coefficient (Wildman–Crippen LogP) is 3.73. The molecule has 1 aliphatic rings. The van der Waals surface area contributed by atoms with E-state index in [1.54, 1.807) is 12.1 Å². The average Bonchev–Trinajstić information content (AvgIpc) is 2.84. The topological polar surface area (TPSA) is 55.2 Å². The van der Waals surface area contributed by atoms with Crippen molar-refractivity contribution in [3.63, 3.8) is 0 Å². The summed E-state index contributed by atoms with van der Waals surface area (Å²) in [5.74, 6) is 0. The van der Waals surface area contributed by atoms with Gasteiger partial charge in [0, 0.05) is 33.9 Å². The number of nitrogens with zero attached hydrogens (tertiary/aromatic N) is 1. The van der Waals surface area contributed by atoms with E-state index in [1.807, 2.05) is 17.8 Å². The Kier molecular flexibility index (Phi) is 5.24. The van der Waals surface area contributed by atoms with E-state index in [0.717, 1.165) is 28.1 Å². The minimum absolute atomic E-state index is 0.190. The summed E-state index contributed by atoms with van der Waals surface area (Å²) in [7, 11) is 0. The summed E-state index contributed by atoms with van der Waals surface area (Å²) < 4.78 is 0.878. The molecule has 1 aromatic carbocycles. The molecule has 2 rings (SSSR count). The largest absolute Gasteiger partial charge is 0.310 e. The molecular formula is C13H17BrN2O2S. The first-order valence-electron chi connectivity index (χ1n) is 6.29. The molecule has 4 nitrogen and oxygen atoms in total. The number of nitro benzene ring substituents is 1. The van der Waals surface area contributed by atoms with Crippen LogP contribution in [-0.2, 0) is 6.54 Å². The van der Waals surface area contributed by atoms with Crippen LogP contribution in [0.4, 0.5) is 5.69 Å². The molecule has 0 aromatic heterocycles. The van der Waals surface area contributed by atoms with Gasteiger partial charge in [0.2, 0.25) is 0 Å². The lowest BCUT2D eigenvalue weighted by molar-refractivity contribution is -0.385. The minimum Gasteiger partial charge on any atom is -0.310 e. The number of hydrogen-bond acceptors (Lipinski definition) is 4. The van der Waals surface area contributed by atoms with Crippen molar-refractivity contribution in [1.82, 2.24) is 5.32 Å². The number of nitrogens with one attached hydrogen (secondary N) is 1. The van der Waals surface area contributed by atoms with Gasteiger partial charge < -0.3 is 5.32 Å². The van der Waals surface area contributed by atoms with Crippen LogP contribution in [0.2, 0.25) is 0 Å². The van der Waals surface area contributed by atoms with Crippen molar-refractivity contribution in [1.29, 1.82) is 0 Å². The van der Waals surface area contributed by atoms with Crippen molar-refractivity contribution in [2.45, 2.75) is 37.1 Å². The Bertz CT molecular complexity index is 470. The van der Waals surface area contributed by atoms with Gasteiger partial charge in [0.1, 0.15) is 0 Å². The molecule has 0 bridgehead atoms. The Labute approximate surface area is 125 Å². The Morgan fingerprint density at radius 2 is 2.32 bits per heavy atom. The molecule has 1 saturated carbocycles. The molecule has 104 valence electrons. The Hall–Kier alpha value is -0.590. The van der Waals surface area contributed by atoms with Gasteiger partial charge >= 0.3 is 0 Å². The fourth-order valence-corrected chi connectivity index (χ4v) is 3.67. The zero-order valence-corrected chi connectivity index (χ0v) is 13.2. The second kappa shape index (κ2) is 6.72. The maximum absolute atomic E-state index is 11.0. The summed E-state index contributed by atoms with van der Waals surface area (Å²) in [6.45, 7) is 0.557. The van der Waals surface area contributed by atoms with E-state index in [9.17, 15) is 10.1 Å². The fourth-order valence-electron chi connectivity index (χ4n) is 2.47. The minimum atomic E-state index is -0.317. The molecule has 2 atom stereocenters. The first-order chi connectivity index (χ1) is 9.10. The lowest BCUT2D eigenvalue weighted by Gasteiger charge is -2.13. The third-order valence-electron chi connectivity index (χ3n) is 3.54. The van der Waals surface area contributed by atoms with Crippen LogP contribution < -0.4 is 5.32 Å². The van der Waals surface area contributed by atoms with Crippen molar-refractivity contribution in [3.8, 4) is 0 Å². The molecule has 19 heavy (non-hydrogen) atoms. The fraction of sp³-hybridized carbons (Fsp3) is 0.538. The second-order valence-corrected chi connectivity index (χ2v) is 6.83. The lowest BCUT2D eigenvalue weighted by atomic mass is 10.1. The number of thioether (sulfide) groups is 1. The van der Waals surface area contributed by atoms with Crippen LogP contribution in [0.15, 0.2) is 22.7 Å². The van der Waals surface area contributed by atoms with Crippen molar-refractivity contribution in [2.24, 2.45) is 0 Å². The number of benzene rings is 1. The van der Waals surface area contributed by atoms with Crippen LogP contribution in [0, 0.1) is 10.1 Å². The van der Waals surface area contributed by atoms with Gasteiger partial charge in [0.15, 0.2) is 0 Å². The highest BCUT2D eigenvalue weighted by atomic mass is 79.9. The smallest absolute Gasteiger partial charge is 0.273 e. The number of hydrogen-bond donors (Lipinski definition) is 1. The molecule has 1 aromatic rings. The van der Waals surface area contributed by atoms with Gasteiger partial charge in [0.25, 0.3) is 5.69 Å². The summed E-state index contributed by atoms with van der Waals surface area (Å²) in [4.78, 5) is 10.7. The predicted molar refractivity (Wildman–Crippen MR) is 82.6 cm³/mol. The molecule has 0 radical (unpaired) electrons. The standard InChI is InChI=1S/C13H17BrN2O2S/c1-19-12-4-3-11(7-12)15-8-9-6-10(14)2-5-13(9)16(17)18/h2,5-6,11-12,15H,3-4,7-8H2,1H3. The lowest BCUT2D eigenvalue weighted by Crippen LogP contribution is -2.26. The van der Waals surface area contributed by atoms with Crippen LogP contribution in [0.3, 0.4) is 0 Å². The maximum Gasteiger partial charge on any atom is 0.273 e. The summed E-state index contributed by atoms with van der Waals surface area (Å²) >= 11 is 5.28. The summed E-state index contributed by atoms with van der Waals surface area (Å²) in [5, 5.41) is 15.2. The summed E-state index contributed by atoms with van der Waals surface area (Å²) in [5.41, 5.74) is 0.932. The molecule has 0 heterocycles. The quantitative estimate of drug-likeness (QED) is 0.653. The molecule has 2 unspecified atom stereocenters. The van der Waals surface area contributed by atoms with E-state index >= 15 is 0 Å². The second-order valence-electron chi connectivity index (χ2n) is 4.78. The molecule has 0 amide bonds. The SMILES string of the molecule is CSC1CCC(NCc2cc(Br)ccc2[N+](=O)[O-])C1. The van der Waals surface area contributed by atoms with Crippen molar-refractivity contribution in [3.05, 3.63) is 38.3 Å². The zero-order chi connectivity index (χ0) is 13.8. The van der Waals surface area contributed by atoms with Crippen LogP contribution >= 0.6 is 27.7 Å². The first-order valence-corrected chi connectivity index (χ1v) is 8.37. The number of rotatable bonds is 5. The monoisotopic (exact) mass is 344 g/mol. The number of halogens is 1. The first kappa shape index (κ1) is 14.8.